The van der Waals surface area contributed by atoms with E-state index in [0.717, 1.165) is 50.6 Å². The Morgan fingerprint density at radius 1 is 0.378 bits per heavy atom. The normalized spacial score (nSPS) is 12.8. The minimum Gasteiger partial charge on any atom is -0.472 e. The highest BCUT2D eigenvalue weighted by Crippen LogP contribution is 2.53. The first-order valence-electron chi connectivity index (χ1n) is 15.4. The zero-order chi connectivity index (χ0) is 30.1. The quantitative estimate of drug-likeness (QED) is 0.195. The van der Waals surface area contributed by atoms with Crippen LogP contribution in [0.3, 0.4) is 0 Å². The molecule has 7 aromatic rings. The third-order valence-electron chi connectivity index (χ3n) is 8.67. The molecule has 0 amide bonds. The van der Waals surface area contributed by atoms with Gasteiger partial charge in [0.1, 0.15) is 5.75 Å². The molecule has 7 aromatic carbocycles. The van der Waals surface area contributed by atoms with Gasteiger partial charge in [-0.25, -0.2) is 0 Å². The van der Waals surface area contributed by atoms with Gasteiger partial charge in [-0.15, -0.1) is 0 Å². The van der Waals surface area contributed by atoms with Crippen LogP contribution < -0.4 is 9.64 Å². The molecular formula is C43H31NO. The first kappa shape index (κ1) is 26.7. The molecule has 0 atom stereocenters. The Morgan fingerprint density at radius 2 is 0.867 bits per heavy atom. The van der Waals surface area contributed by atoms with Crippen molar-refractivity contribution in [1.29, 1.82) is 0 Å². The average molecular weight is 578 g/mol. The van der Waals surface area contributed by atoms with Crippen molar-refractivity contribution in [2.45, 2.75) is 5.60 Å². The summed E-state index contributed by atoms with van der Waals surface area (Å²) in [5.74, 6) is 0.844. The lowest BCUT2D eigenvalue weighted by atomic mass is 9.74. The van der Waals surface area contributed by atoms with Crippen molar-refractivity contribution in [2.24, 2.45) is 0 Å². The van der Waals surface area contributed by atoms with E-state index in [0.29, 0.717) is 0 Å². The van der Waals surface area contributed by atoms with Crippen LogP contribution in [0, 0.1) is 0 Å². The van der Waals surface area contributed by atoms with Crippen molar-refractivity contribution < 1.29 is 4.74 Å². The van der Waals surface area contributed by atoms with E-state index in [1.165, 1.54) is 11.1 Å². The molecule has 2 heteroatoms. The number of fused-ring (bicyclic) bond motifs is 3. The number of anilines is 3. The van der Waals surface area contributed by atoms with Gasteiger partial charge >= 0.3 is 0 Å². The first-order chi connectivity index (χ1) is 22.3. The van der Waals surface area contributed by atoms with Gasteiger partial charge in [0.05, 0.1) is 0 Å². The van der Waals surface area contributed by atoms with Gasteiger partial charge in [-0.3, -0.25) is 0 Å². The number of benzene rings is 7. The zero-order valence-corrected chi connectivity index (χ0v) is 24.8. The van der Waals surface area contributed by atoms with Crippen LogP contribution in [0.2, 0.25) is 0 Å². The highest BCUT2D eigenvalue weighted by atomic mass is 16.5. The van der Waals surface area contributed by atoms with E-state index in [-0.39, 0.29) is 0 Å². The molecule has 45 heavy (non-hydrogen) atoms. The van der Waals surface area contributed by atoms with E-state index in [2.05, 4.69) is 193 Å². The molecule has 0 fully saturated rings. The van der Waals surface area contributed by atoms with Crippen LogP contribution in [0.15, 0.2) is 188 Å². The molecule has 0 aliphatic carbocycles. The van der Waals surface area contributed by atoms with Gasteiger partial charge < -0.3 is 9.64 Å². The maximum Gasteiger partial charge on any atom is 0.185 e. The number of rotatable bonds is 6. The van der Waals surface area contributed by atoms with Crippen LogP contribution in [-0.4, -0.2) is 0 Å². The topological polar surface area (TPSA) is 12.5 Å². The van der Waals surface area contributed by atoms with Crippen molar-refractivity contribution in [3.63, 3.8) is 0 Å². The number of ether oxygens (including phenoxy) is 1. The van der Waals surface area contributed by atoms with Gasteiger partial charge in [0, 0.05) is 45.4 Å². The smallest absolute Gasteiger partial charge is 0.185 e. The number of nitrogens with zero attached hydrogens (tertiary/aromatic N) is 1. The lowest BCUT2D eigenvalue weighted by molar-refractivity contribution is 0.152. The molecule has 0 saturated heterocycles. The summed E-state index contributed by atoms with van der Waals surface area (Å²) in [5.41, 5.74) is 10.2. The molecule has 214 valence electrons. The van der Waals surface area contributed by atoms with Gasteiger partial charge in [0.15, 0.2) is 5.60 Å². The molecule has 0 radical (unpaired) electrons. The second-order valence-corrected chi connectivity index (χ2v) is 11.3. The van der Waals surface area contributed by atoms with E-state index in [1.54, 1.807) is 0 Å². The second-order valence-electron chi connectivity index (χ2n) is 11.3. The molecule has 1 heterocycles. The van der Waals surface area contributed by atoms with Crippen LogP contribution in [-0.2, 0) is 5.60 Å². The Morgan fingerprint density at radius 3 is 1.42 bits per heavy atom. The van der Waals surface area contributed by atoms with Crippen molar-refractivity contribution in [3.8, 4) is 28.0 Å². The lowest BCUT2D eigenvalue weighted by Crippen LogP contribution is -2.38. The van der Waals surface area contributed by atoms with E-state index >= 15 is 0 Å². The Bertz CT molecular complexity index is 1980. The zero-order valence-electron chi connectivity index (χ0n) is 24.8. The van der Waals surface area contributed by atoms with Crippen molar-refractivity contribution in [2.75, 3.05) is 4.90 Å². The summed E-state index contributed by atoms with van der Waals surface area (Å²) >= 11 is 0. The number of hydrogen-bond donors (Lipinski definition) is 0. The first-order valence-corrected chi connectivity index (χ1v) is 15.4. The van der Waals surface area contributed by atoms with Crippen LogP contribution in [0.1, 0.15) is 16.7 Å². The molecule has 0 saturated carbocycles. The molecule has 0 N–H and O–H groups in total. The Kier molecular flexibility index (Phi) is 6.73. The monoisotopic (exact) mass is 577 g/mol. The summed E-state index contributed by atoms with van der Waals surface area (Å²) in [5, 5.41) is 0. The van der Waals surface area contributed by atoms with Gasteiger partial charge in [-0.2, -0.15) is 0 Å². The SMILES string of the molecule is c1ccc(-c2ccc3c(c2)C(c2ccccc2)(c2ccccc2)Oc2cc(N(c4ccccc4)c4ccccc4)ccc2-3)cc1. The minimum atomic E-state index is -0.863. The highest BCUT2D eigenvalue weighted by Gasteiger charge is 2.44. The minimum absolute atomic E-state index is 0.844. The van der Waals surface area contributed by atoms with E-state index in [9.17, 15) is 0 Å². The standard InChI is InChI=1S/C43H31NO/c1-6-16-32(17-7-1)33-26-28-39-40-29-27-38(44(36-22-12-4-13-23-36)37-24-14-5-15-25-37)31-42(40)45-43(41(39)30-33,34-18-8-2-9-19-34)35-20-10-3-11-21-35/h1-31H. The van der Waals surface area contributed by atoms with Crippen LogP contribution in [0.4, 0.5) is 17.1 Å². The molecule has 1 aliphatic rings. The summed E-state index contributed by atoms with van der Waals surface area (Å²) in [6, 6.07) is 66.3. The van der Waals surface area contributed by atoms with Gasteiger partial charge in [0.25, 0.3) is 0 Å². The van der Waals surface area contributed by atoms with Crippen LogP contribution >= 0.6 is 0 Å². The van der Waals surface area contributed by atoms with Crippen molar-refractivity contribution in [3.05, 3.63) is 205 Å². The number of hydrogen-bond acceptors (Lipinski definition) is 2. The third kappa shape index (κ3) is 4.68. The molecule has 1 aliphatic heterocycles. The Hall–Kier alpha value is -5.86. The van der Waals surface area contributed by atoms with Crippen molar-refractivity contribution >= 4 is 17.1 Å². The van der Waals surface area contributed by atoms with E-state index in [4.69, 9.17) is 4.74 Å². The molecule has 2 nitrogen and oxygen atoms in total. The predicted octanol–water partition coefficient (Wildman–Crippen LogP) is 11.2. The third-order valence-corrected chi connectivity index (χ3v) is 8.67. The molecule has 0 aromatic heterocycles. The predicted molar refractivity (Wildman–Crippen MR) is 185 cm³/mol. The Balaban J connectivity index is 1.39. The fourth-order valence-corrected chi connectivity index (χ4v) is 6.60. The van der Waals surface area contributed by atoms with Gasteiger partial charge in [0.2, 0.25) is 0 Å². The maximum absolute atomic E-state index is 7.44. The van der Waals surface area contributed by atoms with E-state index in [1.807, 2.05) is 0 Å². The van der Waals surface area contributed by atoms with Crippen LogP contribution in [0.5, 0.6) is 5.75 Å². The molecular weight excluding hydrogens is 546 g/mol. The summed E-state index contributed by atoms with van der Waals surface area (Å²) in [4.78, 5) is 2.28. The molecule has 8 rings (SSSR count). The molecule has 0 bridgehead atoms. The summed E-state index contributed by atoms with van der Waals surface area (Å²) in [6.45, 7) is 0. The number of para-hydroxylation sites is 2. The molecule has 0 spiro atoms. The van der Waals surface area contributed by atoms with Crippen molar-refractivity contribution in [1.82, 2.24) is 0 Å². The summed E-state index contributed by atoms with van der Waals surface area (Å²) in [6.07, 6.45) is 0. The Labute approximate surface area is 264 Å². The lowest BCUT2D eigenvalue weighted by Gasteiger charge is -2.42. The fourth-order valence-electron chi connectivity index (χ4n) is 6.60. The van der Waals surface area contributed by atoms with Gasteiger partial charge in [-0.1, -0.05) is 140 Å². The van der Waals surface area contributed by atoms with Gasteiger partial charge in [-0.05, 0) is 59.2 Å². The highest BCUT2D eigenvalue weighted by molar-refractivity contribution is 5.86. The second kappa shape index (κ2) is 11.3. The average Bonchev–Trinajstić information content (AvgIpc) is 3.13. The summed E-state index contributed by atoms with van der Waals surface area (Å²) in [7, 11) is 0. The van der Waals surface area contributed by atoms with Crippen LogP contribution in [0.25, 0.3) is 22.3 Å². The summed E-state index contributed by atoms with van der Waals surface area (Å²) < 4.78 is 7.44. The van der Waals surface area contributed by atoms with E-state index < -0.39 is 5.60 Å². The molecule has 0 unspecified atom stereocenters. The maximum atomic E-state index is 7.44. The largest absolute Gasteiger partial charge is 0.472 e. The fraction of sp³-hybridized carbons (Fsp3) is 0.0233.